The number of nitrogens with one attached hydrogen (secondary N) is 1. The summed E-state index contributed by atoms with van der Waals surface area (Å²) in [5.74, 6) is -1.20. The van der Waals surface area contributed by atoms with Gasteiger partial charge in [-0.2, -0.15) is 15.4 Å². The third-order valence-electron chi connectivity index (χ3n) is 2.29. The van der Waals surface area contributed by atoms with Crippen molar-refractivity contribution in [3.63, 3.8) is 0 Å². The molecule has 0 fully saturated rings. The number of halogens is 2. The summed E-state index contributed by atoms with van der Waals surface area (Å²) >= 11 is 5.86. The first-order valence-corrected chi connectivity index (χ1v) is 5.17. The average molecular weight is 271 g/mol. The molecule has 0 aliphatic carbocycles. The molecule has 94 valence electrons. The van der Waals surface area contributed by atoms with Crippen molar-refractivity contribution in [2.24, 2.45) is 5.73 Å². The number of nitrogens with two attached hydrogens (primary N) is 1. The highest BCUT2D eigenvalue weighted by atomic mass is 35.5. The molecule has 0 unspecified atom stereocenters. The predicted octanol–water partition coefficient (Wildman–Crippen LogP) is 1.37. The summed E-state index contributed by atoms with van der Waals surface area (Å²) < 4.78 is 18.5. The monoisotopic (exact) mass is 270 g/mol. The minimum absolute atomic E-state index is 0.0452. The fourth-order valence-electron chi connectivity index (χ4n) is 1.50. The van der Waals surface area contributed by atoms with Crippen molar-refractivity contribution in [3.8, 4) is 17.0 Å². The molecule has 6 nitrogen and oxygen atoms in total. The third-order valence-corrected chi connectivity index (χ3v) is 2.66. The Morgan fingerprint density at radius 1 is 1.50 bits per heavy atom. The number of benzene rings is 1. The van der Waals surface area contributed by atoms with Crippen LogP contribution < -0.4 is 10.5 Å². The summed E-state index contributed by atoms with van der Waals surface area (Å²) in [6.07, 6.45) is 0. The van der Waals surface area contributed by atoms with Crippen molar-refractivity contribution in [1.29, 1.82) is 0 Å². The van der Waals surface area contributed by atoms with Gasteiger partial charge >= 0.3 is 0 Å². The summed E-state index contributed by atoms with van der Waals surface area (Å²) in [5, 5.41) is 9.36. The Morgan fingerprint density at radius 3 is 2.83 bits per heavy atom. The maximum Gasteiger partial charge on any atom is 0.271 e. The van der Waals surface area contributed by atoms with Gasteiger partial charge in [0, 0.05) is 0 Å². The molecule has 0 atom stereocenters. The highest BCUT2D eigenvalue weighted by Gasteiger charge is 2.23. The Labute approximate surface area is 106 Å². The maximum atomic E-state index is 13.5. The smallest absolute Gasteiger partial charge is 0.271 e. The van der Waals surface area contributed by atoms with Crippen LogP contribution in [0.4, 0.5) is 4.39 Å². The van der Waals surface area contributed by atoms with Gasteiger partial charge in [-0.25, -0.2) is 4.39 Å². The van der Waals surface area contributed by atoms with Crippen LogP contribution in [0.2, 0.25) is 5.02 Å². The molecule has 1 aromatic heterocycles. The zero-order valence-electron chi connectivity index (χ0n) is 9.20. The fourth-order valence-corrected chi connectivity index (χ4v) is 1.75. The summed E-state index contributed by atoms with van der Waals surface area (Å²) in [4.78, 5) is 11.2. The Kier molecular flexibility index (Phi) is 3.15. The number of nitrogens with zero attached hydrogens (tertiary/aromatic N) is 2. The van der Waals surface area contributed by atoms with E-state index in [0.717, 1.165) is 6.07 Å². The number of H-pyrrole nitrogens is 1. The highest BCUT2D eigenvalue weighted by Crippen LogP contribution is 2.37. The van der Waals surface area contributed by atoms with Crippen molar-refractivity contribution in [2.45, 2.75) is 0 Å². The molecule has 0 saturated heterocycles. The Morgan fingerprint density at radius 2 is 2.22 bits per heavy atom. The number of hydrogen-bond acceptors (Lipinski definition) is 4. The zero-order valence-corrected chi connectivity index (χ0v) is 9.95. The van der Waals surface area contributed by atoms with Crippen molar-refractivity contribution in [1.82, 2.24) is 15.4 Å². The van der Waals surface area contributed by atoms with E-state index in [0.29, 0.717) is 0 Å². The molecular weight excluding hydrogens is 263 g/mol. The van der Waals surface area contributed by atoms with Crippen LogP contribution in [0.25, 0.3) is 11.3 Å². The molecule has 0 saturated carbocycles. The molecule has 1 amide bonds. The summed E-state index contributed by atoms with van der Waals surface area (Å²) in [6, 6.07) is 2.52. The van der Waals surface area contributed by atoms with Crippen LogP contribution in [0.15, 0.2) is 12.1 Å². The van der Waals surface area contributed by atoms with E-state index in [1.807, 2.05) is 0 Å². The normalized spacial score (nSPS) is 10.4. The van der Waals surface area contributed by atoms with E-state index >= 15 is 0 Å². The topological polar surface area (TPSA) is 93.9 Å². The third kappa shape index (κ3) is 1.88. The lowest BCUT2D eigenvalue weighted by Gasteiger charge is -2.09. The molecule has 0 spiro atoms. The van der Waals surface area contributed by atoms with E-state index in [1.54, 1.807) is 0 Å². The largest absolute Gasteiger partial charge is 0.496 e. The maximum absolute atomic E-state index is 13.5. The number of primary amides is 1. The SMILES string of the molecule is COc1ccc(F)c(Cl)c1-c1n[nH]nc1C(N)=O. The molecule has 0 bridgehead atoms. The summed E-state index contributed by atoms with van der Waals surface area (Å²) in [7, 11) is 1.39. The second-order valence-electron chi connectivity index (χ2n) is 3.32. The quantitative estimate of drug-likeness (QED) is 0.881. The number of aromatic nitrogens is 3. The zero-order chi connectivity index (χ0) is 13.3. The number of rotatable bonds is 3. The lowest BCUT2D eigenvalue weighted by Crippen LogP contribution is -2.13. The van der Waals surface area contributed by atoms with Gasteiger partial charge in [0.05, 0.1) is 17.7 Å². The van der Waals surface area contributed by atoms with E-state index in [4.69, 9.17) is 22.1 Å². The van der Waals surface area contributed by atoms with E-state index in [9.17, 15) is 9.18 Å². The minimum atomic E-state index is -0.805. The lowest BCUT2D eigenvalue weighted by molar-refractivity contribution is 0.0996. The molecule has 2 aromatic rings. The standard InChI is InChI=1S/C10H8ClFN4O2/c1-18-5-3-2-4(12)7(11)6(5)8-9(10(13)17)15-16-14-8/h2-3H,1H3,(H2,13,17)(H,14,15,16). The first-order chi connectivity index (χ1) is 8.56. The van der Waals surface area contributed by atoms with Gasteiger partial charge in [-0.05, 0) is 12.1 Å². The average Bonchev–Trinajstić information content (AvgIpc) is 2.81. The van der Waals surface area contributed by atoms with Crippen molar-refractivity contribution in [2.75, 3.05) is 7.11 Å². The highest BCUT2D eigenvalue weighted by molar-refractivity contribution is 6.34. The van der Waals surface area contributed by atoms with E-state index in [2.05, 4.69) is 15.4 Å². The van der Waals surface area contributed by atoms with E-state index < -0.39 is 11.7 Å². The molecule has 0 radical (unpaired) electrons. The van der Waals surface area contributed by atoms with Gasteiger partial charge in [-0.3, -0.25) is 4.79 Å². The van der Waals surface area contributed by atoms with E-state index in [-0.39, 0.29) is 27.7 Å². The summed E-state index contributed by atoms with van der Waals surface area (Å²) in [6.45, 7) is 0. The van der Waals surface area contributed by atoms with Gasteiger partial charge in [0.15, 0.2) is 5.69 Å². The molecule has 8 heteroatoms. The second kappa shape index (κ2) is 4.61. The first kappa shape index (κ1) is 12.3. The number of carbonyl (C=O) groups is 1. The Hall–Kier alpha value is -2.15. The van der Waals surface area contributed by atoms with Gasteiger partial charge in [-0.15, -0.1) is 0 Å². The number of ether oxygens (including phenoxy) is 1. The minimum Gasteiger partial charge on any atom is -0.496 e. The van der Waals surface area contributed by atoms with Gasteiger partial charge in [0.25, 0.3) is 5.91 Å². The van der Waals surface area contributed by atoms with Crippen molar-refractivity contribution in [3.05, 3.63) is 28.7 Å². The Bertz CT molecular complexity index is 614. The number of hydrogen-bond donors (Lipinski definition) is 2. The van der Waals surface area contributed by atoms with Gasteiger partial charge < -0.3 is 10.5 Å². The lowest BCUT2D eigenvalue weighted by atomic mass is 10.1. The first-order valence-electron chi connectivity index (χ1n) is 4.79. The van der Waals surface area contributed by atoms with Crippen LogP contribution in [-0.4, -0.2) is 28.4 Å². The van der Waals surface area contributed by atoms with Crippen LogP contribution in [0.1, 0.15) is 10.5 Å². The van der Waals surface area contributed by atoms with Gasteiger partial charge in [0.1, 0.15) is 17.3 Å². The van der Waals surface area contributed by atoms with Gasteiger partial charge in [0.2, 0.25) is 0 Å². The fraction of sp³-hybridized carbons (Fsp3) is 0.100. The molecule has 1 heterocycles. The van der Waals surface area contributed by atoms with Crippen molar-refractivity contribution < 1.29 is 13.9 Å². The number of amides is 1. The summed E-state index contributed by atoms with van der Waals surface area (Å²) in [5.41, 5.74) is 5.17. The number of carbonyl (C=O) groups excluding carboxylic acids is 1. The van der Waals surface area contributed by atoms with Crippen LogP contribution in [-0.2, 0) is 0 Å². The van der Waals surface area contributed by atoms with Crippen LogP contribution >= 0.6 is 11.6 Å². The predicted molar refractivity (Wildman–Crippen MR) is 61.9 cm³/mol. The molecule has 0 aliphatic rings. The van der Waals surface area contributed by atoms with Crippen molar-refractivity contribution >= 4 is 17.5 Å². The molecule has 18 heavy (non-hydrogen) atoms. The molecule has 1 aromatic carbocycles. The van der Waals surface area contributed by atoms with Crippen LogP contribution in [0.5, 0.6) is 5.75 Å². The molecular formula is C10H8ClFN4O2. The van der Waals surface area contributed by atoms with Gasteiger partial charge in [-0.1, -0.05) is 11.6 Å². The Balaban J connectivity index is 2.73. The van der Waals surface area contributed by atoms with Crippen LogP contribution in [0.3, 0.4) is 0 Å². The second-order valence-corrected chi connectivity index (χ2v) is 3.70. The van der Waals surface area contributed by atoms with E-state index in [1.165, 1.54) is 13.2 Å². The van der Waals surface area contributed by atoms with Crippen LogP contribution in [0, 0.1) is 5.82 Å². The number of methoxy groups -OCH3 is 1. The molecule has 3 N–H and O–H groups in total. The number of aromatic amines is 1. The molecule has 0 aliphatic heterocycles. The molecule has 2 rings (SSSR count).